The number of nitrogens with zero attached hydrogens (tertiary/aromatic N) is 1. The predicted molar refractivity (Wildman–Crippen MR) is 91.4 cm³/mol. The molecule has 0 spiro atoms. The highest BCUT2D eigenvalue weighted by Gasteiger charge is 2.33. The van der Waals surface area contributed by atoms with Crippen LogP contribution >= 0.6 is 15.9 Å². The minimum atomic E-state index is -1.02. The van der Waals surface area contributed by atoms with Crippen molar-refractivity contribution in [2.24, 2.45) is 0 Å². The van der Waals surface area contributed by atoms with Crippen molar-refractivity contribution in [3.05, 3.63) is 28.7 Å². The molecule has 1 heterocycles. The Hall–Kier alpha value is -0.720. The molecule has 0 saturated carbocycles. The van der Waals surface area contributed by atoms with Crippen LogP contribution in [0.25, 0.3) is 0 Å². The third-order valence-electron chi connectivity index (χ3n) is 3.44. The normalized spacial score (nSPS) is 18.1. The first-order valence-corrected chi connectivity index (χ1v) is 9.41. The van der Waals surface area contributed by atoms with Crippen LogP contribution in [0.5, 0.6) is 0 Å². The molecule has 4 nitrogen and oxygen atoms in total. The van der Waals surface area contributed by atoms with Crippen LogP contribution in [0.1, 0.15) is 33.6 Å². The van der Waals surface area contributed by atoms with Crippen molar-refractivity contribution >= 4 is 33.2 Å². The molecule has 1 unspecified atom stereocenters. The largest absolute Gasteiger partial charge is 0.611 e. The zero-order valence-corrected chi connectivity index (χ0v) is 15.6. The standard InChI is InChI=1S/C16H22BrNO3S/c1-16(2,3)21-15(19)18-10-8-14(9-11-18)22(20)13-6-4-12(17)5-7-13/h4-7,14H,8-11H2,1-3H3. The Morgan fingerprint density at radius 1 is 1.27 bits per heavy atom. The third-order valence-corrected chi connectivity index (χ3v) is 5.78. The Balaban J connectivity index is 1.89. The summed E-state index contributed by atoms with van der Waals surface area (Å²) in [6.45, 7) is 6.78. The maximum atomic E-state index is 12.6. The van der Waals surface area contributed by atoms with Crippen molar-refractivity contribution in [3.8, 4) is 0 Å². The Morgan fingerprint density at radius 2 is 1.82 bits per heavy atom. The van der Waals surface area contributed by atoms with E-state index in [-0.39, 0.29) is 11.3 Å². The number of piperidine rings is 1. The van der Waals surface area contributed by atoms with E-state index in [4.69, 9.17) is 4.74 Å². The van der Waals surface area contributed by atoms with E-state index in [1.54, 1.807) is 4.90 Å². The van der Waals surface area contributed by atoms with Crippen molar-refractivity contribution in [2.75, 3.05) is 13.1 Å². The summed E-state index contributed by atoms with van der Waals surface area (Å²) in [6, 6.07) is 7.59. The van der Waals surface area contributed by atoms with Gasteiger partial charge in [-0.05, 0) is 56.2 Å². The second-order valence-electron chi connectivity index (χ2n) is 6.42. The van der Waals surface area contributed by atoms with E-state index in [2.05, 4.69) is 15.9 Å². The average molecular weight is 388 g/mol. The zero-order chi connectivity index (χ0) is 16.3. The molecular formula is C16H22BrNO3S. The smallest absolute Gasteiger partial charge is 0.410 e. The van der Waals surface area contributed by atoms with Gasteiger partial charge in [0.05, 0.1) is 0 Å². The predicted octanol–water partition coefficient (Wildman–Crippen LogP) is 3.96. The molecule has 122 valence electrons. The van der Waals surface area contributed by atoms with Gasteiger partial charge < -0.3 is 14.2 Å². The number of halogens is 1. The van der Waals surface area contributed by atoms with Crippen molar-refractivity contribution in [1.82, 2.24) is 4.90 Å². The van der Waals surface area contributed by atoms with Crippen LogP contribution in [0, 0.1) is 0 Å². The number of carbonyl (C=O) groups is 1. The first-order valence-electron chi connectivity index (χ1n) is 7.40. The van der Waals surface area contributed by atoms with E-state index in [1.807, 2.05) is 45.0 Å². The van der Waals surface area contributed by atoms with Gasteiger partial charge in [0.1, 0.15) is 10.9 Å². The Labute approximate surface area is 143 Å². The number of benzene rings is 1. The van der Waals surface area contributed by atoms with Gasteiger partial charge in [-0.15, -0.1) is 0 Å². The zero-order valence-electron chi connectivity index (χ0n) is 13.2. The molecule has 1 atom stereocenters. The van der Waals surface area contributed by atoms with Crippen LogP contribution in [0.15, 0.2) is 33.6 Å². The molecule has 0 aliphatic carbocycles. The molecule has 0 radical (unpaired) electrons. The van der Waals surface area contributed by atoms with Crippen molar-refractivity contribution in [3.63, 3.8) is 0 Å². The number of hydrogen-bond donors (Lipinski definition) is 0. The number of amides is 1. The molecule has 1 aliphatic rings. The summed E-state index contributed by atoms with van der Waals surface area (Å²) in [7, 11) is 0. The summed E-state index contributed by atoms with van der Waals surface area (Å²) in [5, 5.41) is 0.0971. The summed E-state index contributed by atoms with van der Waals surface area (Å²) >= 11 is 2.36. The number of rotatable bonds is 2. The van der Waals surface area contributed by atoms with Gasteiger partial charge in [-0.2, -0.15) is 0 Å². The molecule has 2 rings (SSSR count). The molecule has 1 aromatic rings. The molecule has 1 aromatic carbocycles. The lowest BCUT2D eigenvalue weighted by atomic mass is 10.1. The van der Waals surface area contributed by atoms with Gasteiger partial charge in [0.25, 0.3) is 0 Å². The van der Waals surface area contributed by atoms with Gasteiger partial charge in [0.15, 0.2) is 4.90 Å². The summed E-state index contributed by atoms with van der Waals surface area (Å²) in [5.74, 6) is 0. The molecule has 6 heteroatoms. The van der Waals surface area contributed by atoms with Crippen LogP contribution in [0.3, 0.4) is 0 Å². The Kier molecular flexibility index (Phi) is 5.80. The van der Waals surface area contributed by atoms with Gasteiger partial charge in [0.2, 0.25) is 0 Å². The average Bonchev–Trinajstić information content (AvgIpc) is 2.46. The van der Waals surface area contributed by atoms with Gasteiger partial charge >= 0.3 is 6.09 Å². The molecule has 0 aromatic heterocycles. The molecule has 1 aliphatic heterocycles. The minimum Gasteiger partial charge on any atom is -0.611 e. The summed E-state index contributed by atoms with van der Waals surface area (Å²) in [4.78, 5) is 14.6. The Morgan fingerprint density at radius 3 is 2.32 bits per heavy atom. The van der Waals surface area contributed by atoms with Crippen LogP contribution < -0.4 is 0 Å². The maximum absolute atomic E-state index is 12.6. The molecule has 1 amide bonds. The van der Waals surface area contributed by atoms with Crippen LogP contribution in [-0.2, 0) is 15.9 Å². The second kappa shape index (κ2) is 7.23. The van der Waals surface area contributed by atoms with Crippen LogP contribution in [0.2, 0.25) is 0 Å². The summed E-state index contributed by atoms with van der Waals surface area (Å²) in [6.07, 6.45) is 1.20. The van der Waals surface area contributed by atoms with Crippen molar-refractivity contribution < 1.29 is 14.1 Å². The lowest BCUT2D eigenvalue weighted by Crippen LogP contribution is -2.44. The monoisotopic (exact) mass is 387 g/mol. The van der Waals surface area contributed by atoms with Gasteiger partial charge in [-0.25, -0.2) is 4.79 Å². The van der Waals surface area contributed by atoms with Crippen LogP contribution in [-0.4, -0.2) is 39.5 Å². The highest BCUT2D eigenvalue weighted by Crippen LogP contribution is 2.26. The first kappa shape index (κ1) is 17.6. The molecule has 22 heavy (non-hydrogen) atoms. The lowest BCUT2D eigenvalue weighted by molar-refractivity contribution is 0.0217. The minimum absolute atomic E-state index is 0.0971. The number of carbonyl (C=O) groups excluding carboxylic acids is 1. The van der Waals surface area contributed by atoms with E-state index in [1.165, 1.54) is 0 Å². The molecule has 1 saturated heterocycles. The molecular weight excluding hydrogens is 366 g/mol. The quantitative estimate of drug-likeness (QED) is 0.721. The number of ether oxygens (including phenoxy) is 1. The van der Waals surface area contributed by atoms with Crippen molar-refractivity contribution in [2.45, 2.75) is 49.4 Å². The highest BCUT2D eigenvalue weighted by atomic mass is 79.9. The lowest BCUT2D eigenvalue weighted by Gasteiger charge is -2.33. The van der Waals surface area contributed by atoms with Gasteiger partial charge in [-0.3, -0.25) is 0 Å². The summed E-state index contributed by atoms with van der Waals surface area (Å²) in [5.41, 5.74) is -0.478. The van der Waals surface area contributed by atoms with E-state index in [9.17, 15) is 9.35 Å². The molecule has 0 N–H and O–H groups in total. The SMILES string of the molecule is CC(C)(C)OC(=O)N1CCC([S+]([O-])c2ccc(Br)cc2)CC1. The fourth-order valence-electron chi connectivity index (χ4n) is 2.34. The van der Waals surface area contributed by atoms with Gasteiger partial charge in [-0.1, -0.05) is 15.9 Å². The molecule has 0 bridgehead atoms. The topological polar surface area (TPSA) is 52.6 Å². The Bertz CT molecular complexity index is 507. The van der Waals surface area contributed by atoms with E-state index < -0.39 is 16.8 Å². The van der Waals surface area contributed by atoms with E-state index >= 15 is 0 Å². The maximum Gasteiger partial charge on any atom is 0.410 e. The summed E-state index contributed by atoms with van der Waals surface area (Å²) < 4.78 is 18.9. The van der Waals surface area contributed by atoms with E-state index in [0.29, 0.717) is 13.1 Å². The molecule has 1 fully saturated rings. The number of hydrogen-bond acceptors (Lipinski definition) is 3. The van der Waals surface area contributed by atoms with Crippen LogP contribution in [0.4, 0.5) is 4.79 Å². The van der Waals surface area contributed by atoms with E-state index in [0.717, 1.165) is 22.2 Å². The fourth-order valence-corrected chi connectivity index (χ4v) is 4.03. The third kappa shape index (κ3) is 4.89. The van der Waals surface area contributed by atoms with Crippen molar-refractivity contribution in [1.29, 1.82) is 0 Å². The first-order chi connectivity index (χ1) is 10.3. The second-order valence-corrected chi connectivity index (χ2v) is 9.07. The number of likely N-dealkylation sites (tertiary alicyclic amines) is 1. The highest BCUT2D eigenvalue weighted by molar-refractivity contribution is 9.10. The fraction of sp³-hybridized carbons (Fsp3) is 0.562. The van der Waals surface area contributed by atoms with Gasteiger partial charge in [0, 0.05) is 30.4 Å².